The third kappa shape index (κ3) is 5.39. The summed E-state index contributed by atoms with van der Waals surface area (Å²) < 4.78 is 0. The van der Waals surface area contributed by atoms with Gasteiger partial charge < -0.3 is 0 Å². The molecule has 0 fully saturated rings. The highest BCUT2D eigenvalue weighted by molar-refractivity contribution is 5.95. The first-order chi connectivity index (χ1) is 8.07. The zero-order valence-electron chi connectivity index (χ0n) is 12.4. The van der Waals surface area contributed by atoms with Crippen LogP contribution in [0.1, 0.15) is 64.1 Å². The lowest BCUT2D eigenvalue weighted by atomic mass is 9.88. The summed E-state index contributed by atoms with van der Waals surface area (Å²) in [5.74, 6) is 0.916. The topological polar surface area (TPSA) is 42.9 Å². The Morgan fingerprint density at radius 3 is 1.89 bits per heavy atom. The van der Waals surface area contributed by atoms with Gasteiger partial charge in [-0.05, 0) is 10.8 Å². The second-order valence-corrected chi connectivity index (χ2v) is 7.29. The number of hydrogen-bond donors (Lipinski definition) is 0. The van der Waals surface area contributed by atoms with Crippen LogP contribution in [0, 0.1) is 10.8 Å². The van der Waals surface area contributed by atoms with Crippen LogP contribution in [-0.4, -0.2) is 15.8 Å². The van der Waals surface area contributed by atoms with Gasteiger partial charge in [-0.15, -0.1) is 0 Å². The molecular weight excluding hydrogens is 224 g/mol. The van der Waals surface area contributed by atoms with Crippen molar-refractivity contribution in [1.82, 2.24) is 9.97 Å². The van der Waals surface area contributed by atoms with Crippen LogP contribution in [0.15, 0.2) is 12.4 Å². The van der Waals surface area contributed by atoms with Gasteiger partial charge in [0.2, 0.25) is 0 Å². The minimum atomic E-state index is 0.00116. The van der Waals surface area contributed by atoms with Gasteiger partial charge in [0.1, 0.15) is 5.82 Å². The van der Waals surface area contributed by atoms with Crippen LogP contribution in [0.5, 0.6) is 0 Å². The highest BCUT2D eigenvalue weighted by Gasteiger charge is 2.18. The molecule has 0 aromatic carbocycles. The van der Waals surface area contributed by atoms with E-state index in [0.29, 0.717) is 12.0 Å². The Kier molecular flexibility index (Phi) is 4.25. The molecule has 0 aliphatic carbocycles. The number of rotatable bonds is 3. The molecule has 0 radical (unpaired) electrons. The lowest BCUT2D eigenvalue weighted by Gasteiger charge is -2.17. The van der Waals surface area contributed by atoms with Crippen molar-refractivity contribution in [2.45, 2.75) is 54.4 Å². The zero-order valence-corrected chi connectivity index (χ0v) is 12.4. The maximum absolute atomic E-state index is 12.0. The maximum atomic E-state index is 12.0. The maximum Gasteiger partial charge on any atom is 0.166 e. The van der Waals surface area contributed by atoms with E-state index in [1.807, 2.05) is 0 Å². The van der Waals surface area contributed by atoms with Gasteiger partial charge in [-0.25, -0.2) is 9.97 Å². The molecule has 1 aromatic heterocycles. The van der Waals surface area contributed by atoms with Gasteiger partial charge in [-0.2, -0.15) is 0 Å². The smallest absolute Gasteiger partial charge is 0.166 e. The molecule has 0 bridgehead atoms. The van der Waals surface area contributed by atoms with Crippen LogP contribution in [0.25, 0.3) is 0 Å². The molecule has 1 heterocycles. The van der Waals surface area contributed by atoms with Crippen LogP contribution in [0.4, 0.5) is 0 Å². The van der Waals surface area contributed by atoms with Gasteiger partial charge in [0.05, 0.1) is 5.56 Å². The summed E-state index contributed by atoms with van der Waals surface area (Å²) in [6, 6.07) is 0. The van der Waals surface area contributed by atoms with Gasteiger partial charge in [-0.1, -0.05) is 41.5 Å². The average Bonchev–Trinajstić information content (AvgIpc) is 2.13. The van der Waals surface area contributed by atoms with Gasteiger partial charge in [0.15, 0.2) is 5.78 Å². The Bertz CT molecular complexity index is 408. The second-order valence-electron chi connectivity index (χ2n) is 7.29. The third-order valence-electron chi connectivity index (χ3n) is 2.41. The van der Waals surface area contributed by atoms with E-state index in [-0.39, 0.29) is 16.6 Å². The van der Waals surface area contributed by atoms with E-state index in [4.69, 9.17) is 0 Å². The number of Topliss-reactive ketones (excluding diaryl/α,β-unsaturated/α-hetero) is 1. The van der Waals surface area contributed by atoms with Gasteiger partial charge >= 0.3 is 0 Å². The minimum absolute atomic E-state index is 0.00116. The third-order valence-corrected chi connectivity index (χ3v) is 2.41. The Labute approximate surface area is 110 Å². The minimum Gasteiger partial charge on any atom is -0.294 e. The van der Waals surface area contributed by atoms with Crippen molar-refractivity contribution in [3.8, 4) is 0 Å². The number of nitrogens with zero attached hydrogens (tertiary/aromatic N) is 2. The van der Waals surface area contributed by atoms with Crippen LogP contribution in [0.3, 0.4) is 0 Å². The van der Waals surface area contributed by atoms with E-state index in [2.05, 4.69) is 51.5 Å². The number of aromatic nitrogens is 2. The fraction of sp³-hybridized carbons (Fsp3) is 0.667. The van der Waals surface area contributed by atoms with E-state index in [1.54, 1.807) is 12.4 Å². The quantitative estimate of drug-likeness (QED) is 0.766. The number of hydrogen-bond acceptors (Lipinski definition) is 3. The van der Waals surface area contributed by atoms with Crippen LogP contribution < -0.4 is 0 Å². The monoisotopic (exact) mass is 248 g/mol. The number of carbonyl (C=O) groups is 1. The number of carbonyl (C=O) groups excluding carboxylic acids is 1. The van der Waals surface area contributed by atoms with Crippen molar-refractivity contribution < 1.29 is 4.79 Å². The van der Waals surface area contributed by atoms with Crippen LogP contribution in [0.2, 0.25) is 0 Å². The summed E-state index contributed by atoms with van der Waals surface area (Å²) in [6.07, 6.45) is 4.65. The molecule has 0 N–H and O–H groups in total. The molecule has 3 heteroatoms. The number of ketones is 1. The normalized spacial score (nSPS) is 12.6. The Morgan fingerprint density at radius 1 is 1.00 bits per heavy atom. The molecule has 100 valence electrons. The van der Waals surface area contributed by atoms with E-state index in [1.165, 1.54) is 0 Å². The van der Waals surface area contributed by atoms with Crippen molar-refractivity contribution in [3.05, 3.63) is 23.8 Å². The van der Waals surface area contributed by atoms with Crippen LogP contribution >= 0.6 is 0 Å². The Morgan fingerprint density at radius 2 is 1.50 bits per heavy atom. The summed E-state index contributed by atoms with van der Waals surface area (Å²) in [7, 11) is 0. The zero-order chi connectivity index (χ0) is 14.0. The molecular formula is C15H24N2O. The highest BCUT2D eigenvalue weighted by atomic mass is 16.1. The molecule has 0 aliphatic rings. The summed E-state index contributed by atoms with van der Waals surface area (Å²) >= 11 is 0. The van der Waals surface area contributed by atoms with Gasteiger partial charge in [-0.3, -0.25) is 4.79 Å². The fourth-order valence-electron chi connectivity index (χ4n) is 1.65. The lowest BCUT2D eigenvalue weighted by Crippen LogP contribution is -2.15. The summed E-state index contributed by atoms with van der Waals surface area (Å²) in [5.41, 5.74) is 0.778. The van der Waals surface area contributed by atoms with Gasteiger partial charge in [0.25, 0.3) is 0 Å². The first kappa shape index (κ1) is 14.8. The first-order valence-corrected chi connectivity index (χ1v) is 6.41. The van der Waals surface area contributed by atoms with Crippen molar-refractivity contribution in [1.29, 1.82) is 0 Å². The summed E-state index contributed by atoms with van der Waals surface area (Å²) in [4.78, 5) is 20.5. The molecule has 0 atom stereocenters. The van der Waals surface area contributed by atoms with Crippen molar-refractivity contribution in [2.24, 2.45) is 10.8 Å². The van der Waals surface area contributed by atoms with Crippen molar-refractivity contribution in [3.63, 3.8) is 0 Å². The predicted molar refractivity (Wildman–Crippen MR) is 73.6 cm³/mol. The largest absolute Gasteiger partial charge is 0.294 e. The molecule has 0 unspecified atom stereocenters. The van der Waals surface area contributed by atoms with E-state index >= 15 is 0 Å². The van der Waals surface area contributed by atoms with E-state index in [0.717, 1.165) is 12.2 Å². The average molecular weight is 248 g/mol. The Balaban J connectivity index is 2.74. The van der Waals surface area contributed by atoms with E-state index < -0.39 is 0 Å². The molecule has 0 saturated carbocycles. The second kappa shape index (κ2) is 5.17. The first-order valence-electron chi connectivity index (χ1n) is 6.41. The molecule has 0 saturated heterocycles. The summed E-state index contributed by atoms with van der Waals surface area (Å²) in [5, 5.41) is 0. The summed E-state index contributed by atoms with van der Waals surface area (Å²) in [6.45, 7) is 12.6. The SMILES string of the molecule is CC(C)(C)CC(=O)c1cnc(CC(C)(C)C)nc1. The van der Waals surface area contributed by atoms with Crippen LogP contribution in [-0.2, 0) is 6.42 Å². The van der Waals surface area contributed by atoms with Gasteiger partial charge in [0, 0.05) is 25.2 Å². The lowest BCUT2D eigenvalue weighted by molar-refractivity contribution is 0.0939. The molecule has 0 spiro atoms. The van der Waals surface area contributed by atoms with Crippen molar-refractivity contribution in [2.75, 3.05) is 0 Å². The molecule has 18 heavy (non-hydrogen) atoms. The Hall–Kier alpha value is -1.25. The van der Waals surface area contributed by atoms with Crippen molar-refractivity contribution >= 4 is 5.78 Å². The highest BCUT2D eigenvalue weighted by Crippen LogP contribution is 2.22. The molecule has 1 rings (SSSR count). The molecule has 1 aromatic rings. The standard InChI is InChI=1S/C15H24N2O/c1-14(2,3)7-12(18)11-9-16-13(17-10-11)8-15(4,5)6/h9-10H,7-8H2,1-6H3. The molecule has 3 nitrogen and oxygen atoms in total. The molecule has 0 aliphatic heterocycles. The van der Waals surface area contributed by atoms with E-state index in [9.17, 15) is 4.79 Å². The molecule has 0 amide bonds. The predicted octanol–water partition coefficient (Wildman–Crippen LogP) is 3.68. The fourth-order valence-corrected chi connectivity index (χ4v) is 1.65.